The number of nitrogens with zero attached hydrogens (tertiary/aromatic N) is 2. The lowest BCUT2D eigenvalue weighted by Crippen LogP contribution is -2.29. The number of ether oxygens (including phenoxy) is 1. The molecule has 0 aliphatic carbocycles. The summed E-state index contributed by atoms with van der Waals surface area (Å²) >= 11 is 0. The zero-order valence-electron chi connectivity index (χ0n) is 23.0. The summed E-state index contributed by atoms with van der Waals surface area (Å²) in [7, 11) is 1.61. The summed E-state index contributed by atoms with van der Waals surface area (Å²) in [5.41, 5.74) is 4.86. The fourth-order valence-electron chi connectivity index (χ4n) is 5.16. The number of hydrogen-bond acceptors (Lipinski definition) is 5. The molecule has 1 amide bonds. The number of amides is 1. The topological polar surface area (TPSA) is 70.1 Å². The maximum atomic E-state index is 13.5. The lowest BCUT2D eigenvalue weighted by molar-refractivity contribution is -0.132. The van der Waals surface area contributed by atoms with Crippen LogP contribution in [0.2, 0.25) is 0 Å². The van der Waals surface area contributed by atoms with Gasteiger partial charge in [0.25, 0.3) is 11.7 Å². The number of carbonyl (C=O) groups is 2. The molecule has 1 saturated heterocycles. The van der Waals surface area contributed by atoms with E-state index in [1.165, 1.54) is 4.90 Å². The molecule has 0 bridgehead atoms. The van der Waals surface area contributed by atoms with Gasteiger partial charge in [0.05, 0.1) is 18.7 Å². The van der Waals surface area contributed by atoms with Gasteiger partial charge in [0, 0.05) is 30.0 Å². The third kappa shape index (κ3) is 4.91. The Balaban J connectivity index is 1.90. The van der Waals surface area contributed by atoms with E-state index in [-0.39, 0.29) is 17.3 Å². The van der Waals surface area contributed by atoms with Crippen LogP contribution in [0, 0.1) is 6.92 Å². The highest BCUT2D eigenvalue weighted by atomic mass is 16.5. The van der Waals surface area contributed by atoms with E-state index in [1.54, 1.807) is 19.2 Å². The van der Waals surface area contributed by atoms with Crippen molar-refractivity contribution in [1.29, 1.82) is 0 Å². The van der Waals surface area contributed by atoms with Gasteiger partial charge in [-0.2, -0.15) is 0 Å². The van der Waals surface area contributed by atoms with Crippen LogP contribution in [-0.4, -0.2) is 37.0 Å². The Hall–Kier alpha value is -4.06. The van der Waals surface area contributed by atoms with Crippen molar-refractivity contribution in [1.82, 2.24) is 0 Å². The molecular weight excluding hydrogens is 476 g/mol. The Morgan fingerprint density at radius 1 is 1.00 bits per heavy atom. The van der Waals surface area contributed by atoms with Crippen LogP contribution in [0.4, 0.5) is 11.4 Å². The second-order valence-electron chi connectivity index (χ2n) is 9.88. The summed E-state index contributed by atoms with van der Waals surface area (Å²) in [6.45, 7) is 12.0. The van der Waals surface area contributed by atoms with Gasteiger partial charge in [-0.1, -0.05) is 43.7 Å². The zero-order valence-corrected chi connectivity index (χ0v) is 23.0. The Morgan fingerprint density at radius 2 is 1.68 bits per heavy atom. The van der Waals surface area contributed by atoms with Gasteiger partial charge in [-0.25, -0.2) is 0 Å². The number of methoxy groups -OCH3 is 1. The summed E-state index contributed by atoms with van der Waals surface area (Å²) in [5.74, 6) is -0.714. The number of anilines is 2. The van der Waals surface area contributed by atoms with Crippen molar-refractivity contribution in [2.75, 3.05) is 30.0 Å². The van der Waals surface area contributed by atoms with Crippen LogP contribution in [-0.2, 0) is 9.59 Å². The van der Waals surface area contributed by atoms with Crippen molar-refractivity contribution in [3.05, 3.63) is 94.6 Å². The summed E-state index contributed by atoms with van der Waals surface area (Å²) in [6, 6.07) is 19.9. The molecule has 4 rings (SSSR count). The van der Waals surface area contributed by atoms with E-state index in [2.05, 4.69) is 18.7 Å². The minimum absolute atomic E-state index is 0.0771. The first-order chi connectivity index (χ1) is 18.2. The van der Waals surface area contributed by atoms with Gasteiger partial charge in [0.2, 0.25) is 0 Å². The molecule has 1 N–H and O–H groups in total. The SMILES string of the molecule is CCN(CC)c1ccc(N2C(=O)C(=O)/C(=C(\O)c3ccc(OC)c(C(C)C)c3)C2c2cccc(C)c2)cc1. The van der Waals surface area contributed by atoms with Crippen LogP contribution < -0.4 is 14.5 Å². The van der Waals surface area contributed by atoms with Crippen molar-refractivity contribution in [2.24, 2.45) is 0 Å². The Bertz CT molecular complexity index is 1370. The van der Waals surface area contributed by atoms with Crippen LogP contribution >= 0.6 is 0 Å². The second-order valence-corrected chi connectivity index (χ2v) is 9.88. The minimum Gasteiger partial charge on any atom is -0.507 e. The van der Waals surface area contributed by atoms with Gasteiger partial charge in [-0.15, -0.1) is 0 Å². The van der Waals surface area contributed by atoms with E-state index >= 15 is 0 Å². The van der Waals surface area contributed by atoms with Gasteiger partial charge in [0.1, 0.15) is 11.5 Å². The third-order valence-corrected chi connectivity index (χ3v) is 7.18. The number of benzene rings is 3. The molecule has 0 saturated carbocycles. The standard InChI is InChI=1S/C32H36N2O4/c1-7-33(8-2)24-13-15-25(16-14-24)34-29(22-11-9-10-21(5)18-22)28(31(36)32(34)37)30(35)23-12-17-27(38-6)26(19-23)20(3)4/h9-20,29,35H,7-8H2,1-6H3/b30-28-. The lowest BCUT2D eigenvalue weighted by Gasteiger charge is -2.27. The highest BCUT2D eigenvalue weighted by molar-refractivity contribution is 6.51. The predicted octanol–water partition coefficient (Wildman–Crippen LogP) is 6.60. The molecule has 0 radical (unpaired) electrons. The minimum atomic E-state index is -0.765. The second kappa shape index (κ2) is 11.1. The van der Waals surface area contributed by atoms with Gasteiger partial charge in [0.15, 0.2) is 0 Å². The fraction of sp³-hybridized carbons (Fsp3) is 0.312. The number of aliphatic hydroxyl groups is 1. The van der Waals surface area contributed by atoms with E-state index < -0.39 is 17.7 Å². The van der Waals surface area contributed by atoms with E-state index in [1.807, 2.05) is 75.4 Å². The van der Waals surface area contributed by atoms with Crippen molar-refractivity contribution >= 4 is 28.8 Å². The van der Waals surface area contributed by atoms with Gasteiger partial charge in [-0.05, 0) is 80.3 Å². The monoisotopic (exact) mass is 512 g/mol. The van der Waals surface area contributed by atoms with E-state index in [4.69, 9.17) is 4.74 Å². The average molecular weight is 513 g/mol. The first-order valence-electron chi connectivity index (χ1n) is 13.1. The van der Waals surface area contributed by atoms with Crippen molar-refractivity contribution in [3.63, 3.8) is 0 Å². The smallest absolute Gasteiger partial charge is 0.300 e. The van der Waals surface area contributed by atoms with Crippen molar-refractivity contribution in [2.45, 2.75) is 46.6 Å². The Labute approximate surface area is 225 Å². The molecule has 1 aliphatic heterocycles. The number of carbonyl (C=O) groups excluding carboxylic acids is 2. The van der Waals surface area contributed by atoms with Crippen LogP contribution in [0.3, 0.4) is 0 Å². The van der Waals surface area contributed by atoms with E-state index in [0.29, 0.717) is 17.0 Å². The summed E-state index contributed by atoms with van der Waals surface area (Å²) < 4.78 is 5.50. The highest BCUT2D eigenvalue weighted by Gasteiger charge is 2.47. The number of rotatable bonds is 8. The number of aryl methyl sites for hydroxylation is 1. The molecule has 1 aliphatic rings. The molecule has 198 valence electrons. The Morgan fingerprint density at radius 3 is 2.26 bits per heavy atom. The van der Waals surface area contributed by atoms with Crippen molar-refractivity contribution < 1.29 is 19.4 Å². The molecule has 6 nitrogen and oxygen atoms in total. The molecular formula is C32H36N2O4. The molecule has 0 spiro atoms. The highest BCUT2D eigenvalue weighted by Crippen LogP contribution is 2.43. The first kappa shape index (κ1) is 27.0. The lowest BCUT2D eigenvalue weighted by atomic mass is 9.92. The molecule has 38 heavy (non-hydrogen) atoms. The van der Waals surface area contributed by atoms with Crippen molar-refractivity contribution in [3.8, 4) is 5.75 Å². The van der Waals surface area contributed by atoms with Crippen LogP contribution in [0.1, 0.15) is 61.9 Å². The predicted molar refractivity (Wildman–Crippen MR) is 153 cm³/mol. The maximum Gasteiger partial charge on any atom is 0.300 e. The van der Waals surface area contributed by atoms with E-state index in [9.17, 15) is 14.7 Å². The quantitative estimate of drug-likeness (QED) is 0.209. The molecule has 0 aromatic heterocycles. The average Bonchev–Trinajstić information content (AvgIpc) is 3.19. The van der Waals surface area contributed by atoms with E-state index in [0.717, 1.165) is 35.5 Å². The molecule has 1 unspecified atom stereocenters. The molecule has 1 heterocycles. The number of Topliss-reactive ketones (excluding diaryl/α,β-unsaturated/α-hetero) is 1. The summed E-state index contributed by atoms with van der Waals surface area (Å²) in [4.78, 5) is 30.8. The molecule has 3 aromatic carbocycles. The summed E-state index contributed by atoms with van der Waals surface area (Å²) in [5, 5.41) is 11.6. The number of aliphatic hydroxyl groups excluding tert-OH is 1. The molecule has 1 fully saturated rings. The fourth-order valence-corrected chi connectivity index (χ4v) is 5.16. The van der Waals surface area contributed by atoms with Gasteiger partial charge >= 0.3 is 0 Å². The zero-order chi connectivity index (χ0) is 27.6. The molecule has 1 atom stereocenters. The largest absolute Gasteiger partial charge is 0.507 e. The number of ketones is 1. The van der Waals surface area contributed by atoms with Gasteiger partial charge in [-0.3, -0.25) is 14.5 Å². The van der Waals surface area contributed by atoms with Crippen LogP contribution in [0.5, 0.6) is 5.75 Å². The van der Waals surface area contributed by atoms with Gasteiger partial charge < -0.3 is 14.7 Å². The van der Waals surface area contributed by atoms with Crippen LogP contribution in [0.15, 0.2) is 72.3 Å². The molecule has 6 heteroatoms. The molecule has 3 aromatic rings. The number of hydrogen-bond donors (Lipinski definition) is 1. The first-order valence-corrected chi connectivity index (χ1v) is 13.1. The summed E-state index contributed by atoms with van der Waals surface area (Å²) in [6.07, 6.45) is 0. The normalized spacial score (nSPS) is 16.8. The third-order valence-electron chi connectivity index (χ3n) is 7.18. The Kier molecular flexibility index (Phi) is 7.91. The maximum absolute atomic E-state index is 13.5. The van der Waals surface area contributed by atoms with Crippen LogP contribution in [0.25, 0.3) is 5.76 Å².